The summed E-state index contributed by atoms with van der Waals surface area (Å²) in [6, 6.07) is 9.35. The largest absolute Gasteiger partial charge is 0.461 e. The molecule has 1 aromatic carbocycles. The van der Waals surface area contributed by atoms with Gasteiger partial charge in [0, 0.05) is 17.8 Å². The summed E-state index contributed by atoms with van der Waals surface area (Å²) >= 11 is 0. The molecule has 0 spiro atoms. The van der Waals surface area contributed by atoms with Crippen LogP contribution in [0.15, 0.2) is 42.6 Å². The standard InChI is InChI=1S/C15H12FN3O2/c1-2-21-15(20)12-9-14-17-8-7-13(19(14)18-12)10-3-5-11(16)6-4-10/h3-9H,2H2,1H3. The van der Waals surface area contributed by atoms with Gasteiger partial charge in [-0.05, 0) is 37.3 Å². The molecule has 0 aliphatic heterocycles. The number of benzene rings is 1. The fourth-order valence-corrected chi connectivity index (χ4v) is 2.04. The highest BCUT2D eigenvalue weighted by atomic mass is 19.1. The van der Waals surface area contributed by atoms with Gasteiger partial charge in [-0.1, -0.05) is 0 Å². The van der Waals surface area contributed by atoms with Gasteiger partial charge in [0.25, 0.3) is 0 Å². The van der Waals surface area contributed by atoms with E-state index in [9.17, 15) is 9.18 Å². The molecule has 2 aromatic heterocycles. The summed E-state index contributed by atoms with van der Waals surface area (Å²) < 4.78 is 19.5. The molecule has 0 unspecified atom stereocenters. The van der Waals surface area contributed by atoms with Crippen LogP contribution in [0.4, 0.5) is 4.39 Å². The van der Waals surface area contributed by atoms with E-state index < -0.39 is 5.97 Å². The predicted molar refractivity (Wildman–Crippen MR) is 74.3 cm³/mol. The number of rotatable bonds is 3. The lowest BCUT2D eigenvalue weighted by Gasteiger charge is -2.04. The molecule has 0 radical (unpaired) electrons. The van der Waals surface area contributed by atoms with Crippen molar-refractivity contribution in [2.24, 2.45) is 0 Å². The number of carbonyl (C=O) groups is 1. The molecule has 2 heterocycles. The molecule has 0 atom stereocenters. The molecule has 106 valence electrons. The summed E-state index contributed by atoms with van der Waals surface area (Å²) in [7, 11) is 0. The summed E-state index contributed by atoms with van der Waals surface area (Å²) in [4.78, 5) is 15.9. The van der Waals surface area contributed by atoms with Crippen LogP contribution in [0.1, 0.15) is 17.4 Å². The summed E-state index contributed by atoms with van der Waals surface area (Å²) in [6.45, 7) is 2.01. The van der Waals surface area contributed by atoms with Crippen LogP contribution >= 0.6 is 0 Å². The van der Waals surface area contributed by atoms with Crippen molar-refractivity contribution in [1.29, 1.82) is 0 Å². The van der Waals surface area contributed by atoms with Gasteiger partial charge < -0.3 is 4.74 Å². The van der Waals surface area contributed by atoms with Crippen molar-refractivity contribution >= 4 is 11.6 Å². The highest BCUT2D eigenvalue weighted by molar-refractivity contribution is 5.88. The molecule has 5 nitrogen and oxygen atoms in total. The van der Waals surface area contributed by atoms with Gasteiger partial charge in [-0.25, -0.2) is 18.7 Å². The average molecular weight is 285 g/mol. The molecule has 0 amide bonds. The Labute approximate surface area is 120 Å². The van der Waals surface area contributed by atoms with E-state index in [4.69, 9.17) is 4.74 Å². The van der Waals surface area contributed by atoms with Crippen molar-refractivity contribution in [2.75, 3.05) is 6.61 Å². The van der Waals surface area contributed by atoms with Gasteiger partial charge in [-0.2, -0.15) is 5.10 Å². The maximum atomic E-state index is 13.0. The summed E-state index contributed by atoms with van der Waals surface area (Å²) in [5, 5.41) is 4.22. The van der Waals surface area contributed by atoms with Crippen LogP contribution in [-0.2, 0) is 4.74 Å². The van der Waals surface area contributed by atoms with Gasteiger partial charge in [0.1, 0.15) is 5.82 Å². The van der Waals surface area contributed by atoms with Crippen LogP contribution in [0.3, 0.4) is 0 Å². The van der Waals surface area contributed by atoms with Crippen molar-refractivity contribution in [1.82, 2.24) is 14.6 Å². The lowest BCUT2D eigenvalue weighted by Crippen LogP contribution is -2.05. The molecule has 6 heteroatoms. The van der Waals surface area contributed by atoms with Crippen LogP contribution in [0, 0.1) is 5.82 Å². The number of nitrogens with zero attached hydrogens (tertiary/aromatic N) is 3. The number of hydrogen-bond donors (Lipinski definition) is 0. The summed E-state index contributed by atoms with van der Waals surface area (Å²) in [5.41, 5.74) is 2.22. The summed E-state index contributed by atoms with van der Waals surface area (Å²) in [5.74, 6) is -0.801. The molecule has 0 aliphatic carbocycles. The summed E-state index contributed by atoms with van der Waals surface area (Å²) in [6.07, 6.45) is 1.62. The zero-order chi connectivity index (χ0) is 14.8. The second-order valence-electron chi connectivity index (χ2n) is 4.36. The van der Waals surface area contributed by atoms with Gasteiger partial charge in [-0.3, -0.25) is 0 Å². The fourth-order valence-electron chi connectivity index (χ4n) is 2.04. The SMILES string of the molecule is CCOC(=O)c1cc2nccc(-c3ccc(F)cc3)n2n1. The molecular weight excluding hydrogens is 273 g/mol. The molecule has 21 heavy (non-hydrogen) atoms. The first kappa shape index (κ1) is 13.2. The second kappa shape index (κ2) is 5.32. The lowest BCUT2D eigenvalue weighted by atomic mass is 10.1. The maximum Gasteiger partial charge on any atom is 0.358 e. The molecule has 0 saturated heterocycles. The molecule has 0 aliphatic rings. The van der Waals surface area contributed by atoms with Crippen molar-refractivity contribution < 1.29 is 13.9 Å². The Bertz CT molecular complexity index is 796. The fraction of sp³-hybridized carbons (Fsp3) is 0.133. The maximum absolute atomic E-state index is 13.0. The van der Waals surface area contributed by atoms with E-state index in [2.05, 4.69) is 10.1 Å². The Morgan fingerprint density at radius 3 is 2.76 bits per heavy atom. The Kier molecular flexibility index (Phi) is 3.35. The van der Waals surface area contributed by atoms with Crippen molar-refractivity contribution in [2.45, 2.75) is 6.92 Å². The highest BCUT2D eigenvalue weighted by Crippen LogP contribution is 2.20. The van der Waals surface area contributed by atoms with Crippen molar-refractivity contribution in [3.8, 4) is 11.3 Å². The molecule has 0 fully saturated rings. The quantitative estimate of drug-likeness (QED) is 0.694. The zero-order valence-corrected chi connectivity index (χ0v) is 11.3. The van der Waals surface area contributed by atoms with E-state index in [-0.39, 0.29) is 18.1 Å². The third kappa shape index (κ3) is 2.47. The van der Waals surface area contributed by atoms with Gasteiger partial charge in [0.15, 0.2) is 11.3 Å². The van der Waals surface area contributed by atoms with Crippen LogP contribution in [0.2, 0.25) is 0 Å². The van der Waals surface area contributed by atoms with Gasteiger partial charge >= 0.3 is 5.97 Å². The van der Waals surface area contributed by atoms with Crippen molar-refractivity contribution in [3.63, 3.8) is 0 Å². The Morgan fingerprint density at radius 1 is 1.29 bits per heavy atom. The Balaban J connectivity index is 2.11. The van der Waals surface area contributed by atoms with Crippen LogP contribution in [0.5, 0.6) is 0 Å². The smallest absolute Gasteiger partial charge is 0.358 e. The van der Waals surface area contributed by atoms with Crippen LogP contribution < -0.4 is 0 Å². The van der Waals surface area contributed by atoms with E-state index in [0.29, 0.717) is 5.65 Å². The van der Waals surface area contributed by atoms with E-state index in [1.165, 1.54) is 12.1 Å². The average Bonchev–Trinajstić information content (AvgIpc) is 2.92. The second-order valence-corrected chi connectivity index (χ2v) is 4.36. The Hall–Kier alpha value is -2.76. The predicted octanol–water partition coefficient (Wildman–Crippen LogP) is 2.71. The monoisotopic (exact) mass is 285 g/mol. The van der Waals surface area contributed by atoms with Gasteiger partial charge in [0.05, 0.1) is 12.3 Å². The van der Waals surface area contributed by atoms with E-state index >= 15 is 0 Å². The number of carbonyl (C=O) groups excluding carboxylic acids is 1. The molecule has 0 saturated carbocycles. The third-order valence-electron chi connectivity index (χ3n) is 2.98. The minimum atomic E-state index is -0.493. The highest BCUT2D eigenvalue weighted by Gasteiger charge is 2.14. The van der Waals surface area contributed by atoms with Crippen LogP contribution in [-0.4, -0.2) is 27.2 Å². The molecule has 3 rings (SSSR count). The van der Waals surface area contributed by atoms with E-state index in [1.807, 2.05) is 0 Å². The molecule has 3 aromatic rings. The topological polar surface area (TPSA) is 56.5 Å². The van der Waals surface area contributed by atoms with Gasteiger partial charge in [0.2, 0.25) is 0 Å². The molecule has 0 bridgehead atoms. The third-order valence-corrected chi connectivity index (χ3v) is 2.98. The normalized spacial score (nSPS) is 10.8. The number of halogens is 1. The van der Waals surface area contributed by atoms with E-state index in [0.717, 1.165) is 11.3 Å². The molecule has 0 N–H and O–H groups in total. The number of fused-ring (bicyclic) bond motifs is 1. The molecular formula is C15H12FN3O2. The van der Waals surface area contributed by atoms with Gasteiger partial charge in [-0.15, -0.1) is 0 Å². The number of esters is 1. The first-order valence-corrected chi connectivity index (χ1v) is 6.47. The first-order chi connectivity index (χ1) is 10.2. The van der Waals surface area contributed by atoms with Crippen LogP contribution in [0.25, 0.3) is 16.9 Å². The first-order valence-electron chi connectivity index (χ1n) is 6.47. The Morgan fingerprint density at radius 2 is 2.05 bits per heavy atom. The number of ether oxygens (including phenoxy) is 1. The zero-order valence-electron chi connectivity index (χ0n) is 11.3. The minimum absolute atomic E-state index is 0.193. The van der Waals surface area contributed by atoms with E-state index in [1.54, 1.807) is 41.9 Å². The number of aromatic nitrogens is 3. The number of hydrogen-bond acceptors (Lipinski definition) is 4. The van der Waals surface area contributed by atoms with Crippen molar-refractivity contribution in [3.05, 3.63) is 54.1 Å². The lowest BCUT2D eigenvalue weighted by molar-refractivity contribution is 0.0519. The minimum Gasteiger partial charge on any atom is -0.461 e.